The molecule has 3 aliphatic rings. The maximum Gasteiger partial charge on any atom is 0.245 e. The first kappa shape index (κ1) is 20.4. The molecule has 1 saturated carbocycles. The van der Waals surface area contributed by atoms with E-state index in [1.165, 1.54) is 12.0 Å². The Kier molecular flexibility index (Phi) is 6.86. The molecule has 0 N–H and O–H groups in total. The SMILES string of the molecule is O=C(C1CCCN1C(=O)C1CCCCC1)N1CCC(OCc2ccccc2)CC1. The molecule has 2 amide bonds. The van der Waals surface area contributed by atoms with Gasteiger partial charge < -0.3 is 14.5 Å². The summed E-state index contributed by atoms with van der Waals surface area (Å²) in [5.74, 6) is 0.545. The molecule has 1 unspecified atom stereocenters. The summed E-state index contributed by atoms with van der Waals surface area (Å²) < 4.78 is 6.06. The quantitative estimate of drug-likeness (QED) is 0.759. The van der Waals surface area contributed by atoms with E-state index < -0.39 is 0 Å². The molecule has 0 aromatic heterocycles. The van der Waals surface area contributed by atoms with E-state index in [9.17, 15) is 9.59 Å². The molecular formula is C24H34N2O3. The van der Waals surface area contributed by atoms with Crippen molar-refractivity contribution in [2.45, 2.75) is 76.5 Å². The Balaban J connectivity index is 1.26. The van der Waals surface area contributed by atoms with Crippen LogP contribution in [0.5, 0.6) is 0 Å². The summed E-state index contributed by atoms with van der Waals surface area (Å²) in [5, 5.41) is 0. The van der Waals surface area contributed by atoms with Crippen molar-refractivity contribution in [1.82, 2.24) is 9.80 Å². The minimum absolute atomic E-state index is 0.147. The topological polar surface area (TPSA) is 49.9 Å². The van der Waals surface area contributed by atoms with Gasteiger partial charge in [0.25, 0.3) is 0 Å². The molecular weight excluding hydrogens is 364 g/mol. The van der Waals surface area contributed by atoms with Gasteiger partial charge in [0.15, 0.2) is 0 Å². The van der Waals surface area contributed by atoms with Gasteiger partial charge in [0, 0.05) is 25.6 Å². The van der Waals surface area contributed by atoms with Gasteiger partial charge in [0.2, 0.25) is 11.8 Å². The Bertz CT molecular complexity index is 679. The average molecular weight is 399 g/mol. The Morgan fingerprint density at radius 2 is 1.55 bits per heavy atom. The highest BCUT2D eigenvalue weighted by atomic mass is 16.5. The highest BCUT2D eigenvalue weighted by Crippen LogP contribution is 2.30. The number of hydrogen-bond donors (Lipinski definition) is 0. The molecule has 2 saturated heterocycles. The van der Waals surface area contributed by atoms with Gasteiger partial charge in [-0.15, -0.1) is 0 Å². The second-order valence-electron chi connectivity index (χ2n) is 8.85. The molecule has 1 aliphatic carbocycles. The molecule has 0 radical (unpaired) electrons. The first-order valence-corrected chi connectivity index (χ1v) is 11.5. The number of carbonyl (C=O) groups excluding carboxylic acids is 2. The van der Waals surface area contributed by atoms with Gasteiger partial charge in [-0.3, -0.25) is 9.59 Å². The molecule has 29 heavy (non-hydrogen) atoms. The highest BCUT2D eigenvalue weighted by molar-refractivity contribution is 5.89. The molecule has 2 heterocycles. The van der Waals surface area contributed by atoms with Crippen LogP contribution < -0.4 is 0 Å². The molecule has 5 heteroatoms. The van der Waals surface area contributed by atoms with Crippen LogP contribution in [-0.4, -0.2) is 53.4 Å². The summed E-state index contributed by atoms with van der Waals surface area (Å²) in [5.41, 5.74) is 1.19. The third kappa shape index (κ3) is 5.00. The lowest BCUT2D eigenvalue weighted by molar-refractivity contribution is -0.148. The third-order valence-electron chi connectivity index (χ3n) is 6.86. The molecule has 2 aliphatic heterocycles. The molecule has 1 aromatic rings. The number of likely N-dealkylation sites (tertiary alicyclic amines) is 2. The number of piperidine rings is 1. The van der Waals surface area contributed by atoms with Gasteiger partial charge in [0.05, 0.1) is 12.7 Å². The summed E-state index contributed by atoms with van der Waals surface area (Å²) in [6.07, 6.45) is 9.28. The normalized spacial score (nSPS) is 24.1. The fraction of sp³-hybridized carbons (Fsp3) is 0.667. The highest BCUT2D eigenvalue weighted by Gasteiger charge is 2.39. The van der Waals surface area contributed by atoms with Crippen LogP contribution in [0.3, 0.4) is 0 Å². The molecule has 0 bridgehead atoms. The van der Waals surface area contributed by atoms with Crippen molar-refractivity contribution >= 4 is 11.8 Å². The summed E-state index contributed by atoms with van der Waals surface area (Å²) in [7, 11) is 0. The van der Waals surface area contributed by atoms with E-state index in [2.05, 4.69) is 12.1 Å². The number of rotatable bonds is 5. The minimum atomic E-state index is -0.230. The van der Waals surface area contributed by atoms with Gasteiger partial charge in [-0.05, 0) is 44.1 Å². The van der Waals surface area contributed by atoms with Gasteiger partial charge in [0.1, 0.15) is 6.04 Å². The zero-order chi connectivity index (χ0) is 20.1. The zero-order valence-electron chi connectivity index (χ0n) is 17.4. The Morgan fingerprint density at radius 3 is 2.28 bits per heavy atom. The maximum absolute atomic E-state index is 13.2. The number of ether oxygens (including phenoxy) is 1. The van der Waals surface area contributed by atoms with E-state index in [4.69, 9.17) is 4.74 Å². The van der Waals surface area contributed by atoms with E-state index in [1.54, 1.807) is 0 Å². The Morgan fingerprint density at radius 1 is 0.828 bits per heavy atom. The summed E-state index contributed by atoms with van der Waals surface area (Å²) in [4.78, 5) is 30.1. The van der Waals surface area contributed by atoms with E-state index in [0.717, 1.165) is 71.0 Å². The standard InChI is InChI=1S/C24H34N2O3/c27-23(20-10-5-2-6-11-20)26-15-7-12-22(26)24(28)25-16-13-21(14-17-25)29-18-19-8-3-1-4-9-19/h1,3-4,8-9,20-22H,2,5-7,10-18H2. The summed E-state index contributed by atoms with van der Waals surface area (Å²) in [6, 6.07) is 10.0. The molecule has 4 rings (SSSR count). The van der Waals surface area contributed by atoms with E-state index in [0.29, 0.717) is 6.61 Å². The first-order valence-electron chi connectivity index (χ1n) is 11.5. The lowest BCUT2D eigenvalue weighted by atomic mass is 9.88. The lowest BCUT2D eigenvalue weighted by Crippen LogP contribution is -2.51. The third-order valence-corrected chi connectivity index (χ3v) is 6.86. The largest absolute Gasteiger partial charge is 0.373 e. The molecule has 3 fully saturated rings. The molecule has 1 aromatic carbocycles. The van der Waals surface area contributed by atoms with Crippen LogP contribution in [-0.2, 0) is 20.9 Å². The number of amides is 2. The van der Waals surface area contributed by atoms with Crippen LogP contribution in [0.15, 0.2) is 30.3 Å². The molecule has 158 valence electrons. The van der Waals surface area contributed by atoms with Crippen LogP contribution in [0, 0.1) is 5.92 Å². The van der Waals surface area contributed by atoms with Crippen molar-refractivity contribution in [3.05, 3.63) is 35.9 Å². The number of carbonyl (C=O) groups is 2. The van der Waals surface area contributed by atoms with E-state index >= 15 is 0 Å². The van der Waals surface area contributed by atoms with Crippen molar-refractivity contribution in [2.24, 2.45) is 5.92 Å². The van der Waals surface area contributed by atoms with E-state index in [1.807, 2.05) is 28.0 Å². The van der Waals surface area contributed by atoms with Crippen LogP contribution in [0.4, 0.5) is 0 Å². The number of benzene rings is 1. The molecule has 0 spiro atoms. The summed E-state index contributed by atoms with van der Waals surface area (Å²) >= 11 is 0. The number of hydrogen-bond acceptors (Lipinski definition) is 3. The fourth-order valence-corrected chi connectivity index (χ4v) is 5.11. The number of nitrogens with zero attached hydrogens (tertiary/aromatic N) is 2. The van der Waals surface area contributed by atoms with Crippen LogP contribution in [0.25, 0.3) is 0 Å². The molecule has 1 atom stereocenters. The second-order valence-corrected chi connectivity index (χ2v) is 8.85. The van der Waals surface area contributed by atoms with Crippen molar-refractivity contribution in [3.63, 3.8) is 0 Å². The predicted octanol–water partition coefficient (Wildman–Crippen LogP) is 3.77. The Hall–Kier alpha value is -1.88. The zero-order valence-corrected chi connectivity index (χ0v) is 17.4. The van der Waals surface area contributed by atoms with Gasteiger partial charge in [-0.2, -0.15) is 0 Å². The van der Waals surface area contributed by atoms with Gasteiger partial charge >= 0.3 is 0 Å². The minimum Gasteiger partial charge on any atom is -0.373 e. The van der Waals surface area contributed by atoms with Crippen LogP contribution >= 0.6 is 0 Å². The van der Waals surface area contributed by atoms with Crippen LogP contribution in [0.1, 0.15) is 63.4 Å². The predicted molar refractivity (Wildman–Crippen MR) is 112 cm³/mol. The van der Waals surface area contributed by atoms with Gasteiger partial charge in [-0.1, -0.05) is 49.6 Å². The molecule has 5 nitrogen and oxygen atoms in total. The Labute approximate surface area is 174 Å². The average Bonchev–Trinajstić information content (AvgIpc) is 3.28. The van der Waals surface area contributed by atoms with Crippen molar-refractivity contribution < 1.29 is 14.3 Å². The maximum atomic E-state index is 13.2. The lowest BCUT2D eigenvalue weighted by Gasteiger charge is -2.36. The summed E-state index contributed by atoms with van der Waals surface area (Å²) in [6.45, 7) is 2.86. The second kappa shape index (κ2) is 9.75. The van der Waals surface area contributed by atoms with Crippen LogP contribution in [0.2, 0.25) is 0 Å². The van der Waals surface area contributed by atoms with E-state index in [-0.39, 0.29) is 29.9 Å². The van der Waals surface area contributed by atoms with Gasteiger partial charge in [-0.25, -0.2) is 0 Å². The van der Waals surface area contributed by atoms with Crippen molar-refractivity contribution in [3.8, 4) is 0 Å². The monoisotopic (exact) mass is 398 g/mol. The first-order chi connectivity index (χ1) is 14.2. The van der Waals surface area contributed by atoms with Crippen molar-refractivity contribution in [2.75, 3.05) is 19.6 Å². The van der Waals surface area contributed by atoms with Crippen molar-refractivity contribution in [1.29, 1.82) is 0 Å². The fourth-order valence-electron chi connectivity index (χ4n) is 5.11. The smallest absolute Gasteiger partial charge is 0.245 e.